The van der Waals surface area contributed by atoms with Gasteiger partial charge in [0.15, 0.2) is 5.60 Å². The van der Waals surface area contributed by atoms with E-state index >= 15 is 0 Å². The molecule has 7 nitrogen and oxygen atoms in total. The number of amides is 1. The monoisotopic (exact) mass is 369 g/mol. The molecule has 7 heteroatoms. The summed E-state index contributed by atoms with van der Waals surface area (Å²) < 4.78 is 5.78. The van der Waals surface area contributed by atoms with Gasteiger partial charge < -0.3 is 4.74 Å². The van der Waals surface area contributed by atoms with Crippen LogP contribution in [0.3, 0.4) is 0 Å². The van der Waals surface area contributed by atoms with Crippen LogP contribution in [0.25, 0.3) is 0 Å². The topological polar surface area (TPSA) is 93.8 Å². The minimum Gasteiger partial charge on any atom is -0.478 e. The first-order valence-electron chi connectivity index (χ1n) is 8.60. The van der Waals surface area contributed by atoms with E-state index in [1.165, 1.54) is 17.7 Å². The van der Waals surface area contributed by atoms with Crippen LogP contribution in [-0.4, -0.2) is 22.1 Å². The fourth-order valence-electron chi connectivity index (χ4n) is 2.31. The molecule has 0 heterocycles. The molecule has 142 valence electrons. The Bertz CT molecular complexity index is 858. The van der Waals surface area contributed by atoms with Crippen LogP contribution in [0.2, 0.25) is 0 Å². The lowest BCUT2D eigenvalue weighted by Gasteiger charge is -2.24. The first-order valence-corrected chi connectivity index (χ1v) is 8.60. The van der Waals surface area contributed by atoms with Gasteiger partial charge in [-0.1, -0.05) is 31.2 Å². The van der Waals surface area contributed by atoms with Crippen molar-refractivity contribution in [3.05, 3.63) is 69.8 Å². The molecule has 0 saturated heterocycles. The van der Waals surface area contributed by atoms with Crippen molar-refractivity contribution in [1.82, 2.24) is 5.43 Å². The zero-order chi connectivity index (χ0) is 20.0. The van der Waals surface area contributed by atoms with Crippen molar-refractivity contribution in [1.29, 1.82) is 0 Å². The molecule has 0 aromatic heterocycles. The van der Waals surface area contributed by atoms with Crippen molar-refractivity contribution in [2.24, 2.45) is 5.10 Å². The second-order valence-electron chi connectivity index (χ2n) is 6.56. The zero-order valence-electron chi connectivity index (χ0n) is 15.9. The number of nitrogens with zero attached hydrogens (tertiary/aromatic N) is 2. The van der Waals surface area contributed by atoms with Crippen LogP contribution >= 0.6 is 0 Å². The Morgan fingerprint density at radius 2 is 1.89 bits per heavy atom. The Kier molecular flexibility index (Phi) is 6.28. The molecule has 0 aliphatic carbocycles. The van der Waals surface area contributed by atoms with Gasteiger partial charge in [-0.15, -0.1) is 0 Å². The molecular formula is C20H23N3O4. The van der Waals surface area contributed by atoms with Gasteiger partial charge in [0.05, 0.1) is 10.6 Å². The quantitative estimate of drug-likeness (QED) is 0.455. The molecule has 0 saturated carbocycles. The second-order valence-corrected chi connectivity index (χ2v) is 6.56. The summed E-state index contributed by atoms with van der Waals surface area (Å²) in [6.45, 7) is 7.02. The summed E-state index contributed by atoms with van der Waals surface area (Å²) in [5, 5.41) is 14.9. The van der Waals surface area contributed by atoms with Crippen LogP contribution < -0.4 is 10.2 Å². The van der Waals surface area contributed by atoms with Crippen LogP contribution in [0.4, 0.5) is 5.69 Å². The van der Waals surface area contributed by atoms with Gasteiger partial charge in [0.25, 0.3) is 11.6 Å². The molecule has 1 amide bonds. The zero-order valence-corrected chi connectivity index (χ0v) is 15.9. The van der Waals surface area contributed by atoms with Gasteiger partial charge in [-0.25, -0.2) is 5.43 Å². The predicted octanol–water partition coefficient (Wildman–Crippen LogP) is 3.86. The van der Waals surface area contributed by atoms with Crippen molar-refractivity contribution >= 4 is 17.3 Å². The van der Waals surface area contributed by atoms with Crippen LogP contribution in [0.15, 0.2) is 53.6 Å². The third-order valence-corrected chi connectivity index (χ3v) is 4.05. The minimum atomic E-state index is -1.14. The molecule has 0 unspecified atom stereocenters. The van der Waals surface area contributed by atoms with Gasteiger partial charge in [-0.05, 0) is 44.9 Å². The summed E-state index contributed by atoms with van der Waals surface area (Å²) in [4.78, 5) is 22.8. The molecular weight excluding hydrogens is 346 g/mol. The standard InChI is InChI=1S/C20H23N3O4/c1-5-15-9-11-18(12-10-15)27-20(3,4)19(24)22-21-14(2)16-7-6-8-17(13-16)23(25)26/h6-13H,5H2,1-4H3,(H,22,24)/b21-14-. The summed E-state index contributed by atoms with van der Waals surface area (Å²) in [6.07, 6.45) is 0.926. The molecule has 0 fully saturated rings. The fourth-order valence-corrected chi connectivity index (χ4v) is 2.31. The third-order valence-electron chi connectivity index (χ3n) is 4.05. The molecule has 2 aromatic rings. The van der Waals surface area contributed by atoms with Crippen molar-refractivity contribution in [2.45, 2.75) is 39.7 Å². The van der Waals surface area contributed by atoms with E-state index in [1.807, 2.05) is 24.3 Å². The van der Waals surface area contributed by atoms with E-state index in [4.69, 9.17) is 4.74 Å². The molecule has 27 heavy (non-hydrogen) atoms. The molecule has 0 aliphatic rings. The Morgan fingerprint density at radius 1 is 1.22 bits per heavy atom. The molecule has 0 atom stereocenters. The van der Waals surface area contributed by atoms with Gasteiger partial charge in [0.1, 0.15) is 5.75 Å². The number of hydrogen-bond acceptors (Lipinski definition) is 5. The van der Waals surface area contributed by atoms with Crippen molar-refractivity contribution in [3.8, 4) is 5.75 Å². The van der Waals surface area contributed by atoms with Gasteiger partial charge in [0.2, 0.25) is 0 Å². The number of nitrogens with one attached hydrogen (secondary N) is 1. The molecule has 1 N–H and O–H groups in total. The summed E-state index contributed by atoms with van der Waals surface area (Å²) in [6, 6.07) is 13.6. The first kappa shape index (κ1) is 20.1. The highest BCUT2D eigenvalue weighted by Crippen LogP contribution is 2.20. The number of aryl methyl sites for hydroxylation is 1. The number of rotatable bonds is 7. The van der Waals surface area contributed by atoms with E-state index in [-0.39, 0.29) is 5.69 Å². The minimum absolute atomic E-state index is 0.0347. The average molecular weight is 369 g/mol. The van der Waals surface area contributed by atoms with Crippen LogP contribution in [-0.2, 0) is 11.2 Å². The Morgan fingerprint density at radius 3 is 2.48 bits per heavy atom. The predicted molar refractivity (Wildman–Crippen MR) is 104 cm³/mol. The maximum Gasteiger partial charge on any atom is 0.283 e. The summed E-state index contributed by atoms with van der Waals surface area (Å²) >= 11 is 0. The number of ether oxygens (including phenoxy) is 1. The normalized spacial score (nSPS) is 11.8. The smallest absolute Gasteiger partial charge is 0.283 e. The molecule has 2 aromatic carbocycles. The van der Waals surface area contributed by atoms with Crippen molar-refractivity contribution in [2.75, 3.05) is 0 Å². The van der Waals surface area contributed by atoms with E-state index in [1.54, 1.807) is 32.9 Å². The average Bonchev–Trinajstić information content (AvgIpc) is 2.66. The van der Waals surface area contributed by atoms with Gasteiger partial charge in [0, 0.05) is 17.7 Å². The van der Waals surface area contributed by atoms with Crippen molar-refractivity contribution in [3.63, 3.8) is 0 Å². The van der Waals surface area contributed by atoms with Gasteiger partial charge >= 0.3 is 0 Å². The number of carbonyl (C=O) groups is 1. The lowest BCUT2D eigenvalue weighted by Crippen LogP contribution is -2.45. The van der Waals surface area contributed by atoms with Crippen LogP contribution in [0.5, 0.6) is 5.75 Å². The Balaban J connectivity index is 2.06. The van der Waals surface area contributed by atoms with E-state index in [0.29, 0.717) is 17.0 Å². The van der Waals surface area contributed by atoms with E-state index in [9.17, 15) is 14.9 Å². The lowest BCUT2D eigenvalue weighted by molar-refractivity contribution is -0.384. The number of non-ortho nitro benzene ring substituents is 1. The van der Waals surface area contributed by atoms with E-state index in [2.05, 4.69) is 17.5 Å². The highest BCUT2D eigenvalue weighted by Gasteiger charge is 2.30. The van der Waals surface area contributed by atoms with Gasteiger partial charge in [-0.3, -0.25) is 14.9 Å². The van der Waals surface area contributed by atoms with Crippen LogP contribution in [0.1, 0.15) is 38.8 Å². The Hall–Kier alpha value is -3.22. The number of nitro benzene ring substituents is 1. The Labute approximate surface area is 158 Å². The molecule has 0 aliphatic heterocycles. The summed E-state index contributed by atoms with van der Waals surface area (Å²) in [5.74, 6) is 0.165. The molecule has 0 bridgehead atoms. The first-order chi connectivity index (χ1) is 12.7. The molecule has 2 rings (SSSR count). The number of hydrazone groups is 1. The number of nitro groups is 1. The van der Waals surface area contributed by atoms with E-state index in [0.717, 1.165) is 6.42 Å². The second kappa shape index (κ2) is 8.44. The number of benzene rings is 2. The largest absolute Gasteiger partial charge is 0.478 e. The fraction of sp³-hybridized carbons (Fsp3) is 0.300. The maximum absolute atomic E-state index is 12.5. The van der Waals surface area contributed by atoms with E-state index < -0.39 is 16.4 Å². The highest BCUT2D eigenvalue weighted by atomic mass is 16.6. The third kappa shape index (κ3) is 5.37. The number of hydrogen-bond donors (Lipinski definition) is 1. The van der Waals surface area contributed by atoms with Gasteiger partial charge in [-0.2, -0.15) is 5.10 Å². The summed E-state index contributed by atoms with van der Waals surface area (Å²) in [7, 11) is 0. The van der Waals surface area contributed by atoms with Crippen molar-refractivity contribution < 1.29 is 14.5 Å². The lowest BCUT2D eigenvalue weighted by atomic mass is 10.1. The van der Waals surface area contributed by atoms with Crippen LogP contribution in [0, 0.1) is 10.1 Å². The molecule has 0 radical (unpaired) electrons. The maximum atomic E-state index is 12.5. The SMILES string of the molecule is CCc1ccc(OC(C)(C)C(=O)N/N=C(/C)c2cccc([N+](=O)[O-])c2)cc1. The number of carbonyl (C=O) groups excluding carboxylic acids is 1. The molecule has 0 spiro atoms. The highest BCUT2D eigenvalue weighted by molar-refractivity contribution is 6.00. The summed E-state index contributed by atoms with van der Waals surface area (Å²) in [5.41, 5.74) is 3.48.